The van der Waals surface area contributed by atoms with Gasteiger partial charge in [0, 0.05) is 12.1 Å². The van der Waals surface area contributed by atoms with E-state index in [0.29, 0.717) is 5.69 Å². The van der Waals surface area contributed by atoms with Crippen LogP contribution in [0.25, 0.3) is 0 Å². The quantitative estimate of drug-likeness (QED) is 0.715. The van der Waals surface area contributed by atoms with E-state index in [4.69, 9.17) is 5.11 Å². The molecule has 0 saturated carbocycles. The summed E-state index contributed by atoms with van der Waals surface area (Å²) in [6, 6.07) is 7.75. The molecule has 0 atom stereocenters. The van der Waals surface area contributed by atoms with Gasteiger partial charge in [0.2, 0.25) is 5.91 Å². The number of benzene rings is 1. The van der Waals surface area contributed by atoms with Crippen molar-refractivity contribution in [3.8, 4) is 0 Å². The second-order valence-electron chi connectivity index (χ2n) is 6.07. The fourth-order valence-corrected chi connectivity index (χ4v) is 2.02. The Morgan fingerprint density at radius 1 is 1.14 bits per heavy atom. The van der Waals surface area contributed by atoms with Crippen LogP contribution in [0.4, 0.5) is 5.69 Å². The van der Waals surface area contributed by atoms with Gasteiger partial charge in [-0.15, -0.1) is 0 Å². The van der Waals surface area contributed by atoms with Gasteiger partial charge in [-0.25, -0.2) is 0 Å². The van der Waals surface area contributed by atoms with Gasteiger partial charge in [-0.2, -0.15) is 0 Å². The molecule has 0 unspecified atom stereocenters. The highest BCUT2D eigenvalue weighted by atomic mass is 16.4. The van der Waals surface area contributed by atoms with E-state index in [2.05, 4.69) is 12.2 Å². The lowest BCUT2D eigenvalue weighted by atomic mass is 9.89. The van der Waals surface area contributed by atoms with Crippen molar-refractivity contribution in [2.75, 3.05) is 5.32 Å². The number of carbonyl (C=O) groups excluding carboxylic acids is 1. The lowest BCUT2D eigenvalue weighted by Crippen LogP contribution is -2.29. The molecule has 0 saturated heterocycles. The van der Waals surface area contributed by atoms with Crippen LogP contribution in [0.15, 0.2) is 24.3 Å². The van der Waals surface area contributed by atoms with Crippen LogP contribution < -0.4 is 5.32 Å². The molecule has 116 valence electrons. The van der Waals surface area contributed by atoms with E-state index < -0.39 is 11.4 Å². The molecule has 1 rings (SSSR count). The third-order valence-electron chi connectivity index (χ3n) is 3.49. The van der Waals surface area contributed by atoms with Crippen LogP contribution in [0.5, 0.6) is 0 Å². The van der Waals surface area contributed by atoms with Gasteiger partial charge >= 0.3 is 5.97 Å². The first kappa shape index (κ1) is 17.2. The first-order valence-corrected chi connectivity index (χ1v) is 7.47. The summed E-state index contributed by atoms with van der Waals surface area (Å²) in [5, 5.41) is 11.8. The zero-order valence-corrected chi connectivity index (χ0v) is 13.1. The van der Waals surface area contributed by atoms with E-state index in [1.54, 1.807) is 13.8 Å². The zero-order valence-electron chi connectivity index (χ0n) is 13.1. The van der Waals surface area contributed by atoms with Gasteiger partial charge in [0.1, 0.15) is 0 Å². The normalized spacial score (nSPS) is 11.2. The summed E-state index contributed by atoms with van der Waals surface area (Å²) in [7, 11) is 0. The van der Waals surface area contributed by atoms with Gasteiger partial charge in [-0.05, 0) is 44.4 Å². The monoisotopic (exact) mass is 291 g/mol. The summed E-state index contributed by atoms with van der Waals surface area (Å²) < 4.78 is 0. The summed E-state index contributed by atoms with van der Waals surface area (Å²) in [4.78, 5) is 22.9. The van der Waals surface area contributed by atoms with E-state index in [-0.39, 0.29) is 12.3 Å². The summed E-state index contributed by atoms with van der Waals surface area (Å²) in [5.74, 6) is -1.25. The molecule has 0 aliphatic carbocycles. The van der Waals surface area contributed by atoms with Crippen LogP contribution in [0, 0.1) is 5.41 Å². The SMILES string of the molecule is CCCCCc1ccc(NC(=O)CC(C)(C)C(=O)O)cc1. The van der Waals surface area contributed by atoms with Gasteiger partial charge in [0.25, 0.3) is 0 Å². The highest BCUT2D eigenvalue weighted by Crippen LogP contribution is 2.21. The molecule has 0 aromatic heterocycles. The standard InChI is InChI=1S/C17H25NO3/c1-4-5-6-7-13-8-10-14(11-9-13)18-15(19)12-17(2,3)16(20)21/h8-11H,4-7,12H2,1-3H3,(H,18,19)(H,20,21). The maximum atomic E-state index is 11.9. The Hall–Kier alpha value is -1.84. The highest BCUT2D eigenvalue weighted by Gasteiger charge is 2.30. The average Bonchev–Trinajstić information content (AvgIpc) is 2.40. The van der Waals surface area contributed by atoms with Crippen LogP contribution in [0.1, 0.15) is 52.0 Å². The average molecular weight is 291 g/mol. The molecule has 0 radical (unpaired) electrons. The smallest absolute Gasteiger partial charge is 0.309 e. The minimum absolute atomic E-state index is 0.0411. The number of carboxylic acids is 1. The van der Waals surface area contributed by atoms with Crippen molar-refractivity contribution in [2.24, 2.45) is 5.41 Å². The van der Waals surface area contributed by atoms with Crippen molar-refractivity contribution >= 4 is 17.6 Å². The molecule has 1 amide bonds. The molecular weight excluding hydrogens is 266 g/mol. The number of rotatable bonds is 8. The molecule has 0 heterocycles. The van der Waals surface area contributed by atoms with Gasteiger partial charge in [-0.3, -0.25) is 9.59 Å². The first-order valence-electron chi connectivity index (χ1n) is 7.47. The van der Waals surface area contributed by atoms with Gasteiger partial charge in [-0.1, -0.05) is 31.9 Å². The molecule has 2 N–H and O–H groups in total. The molecule has 4 heteroatoms. The van der Waals surface area contributed by atoms with Crippen LogP contribution in [-0.4, -0.2) is 17.0 Å². The Bertz CT molecular complexity index is 477. The predicted octanol–water partition coefficient (Wildman–Crippen LogP) is 3.86. The van der Waals surface area contributed by atoms with E-state index in [1.165, 1.54) is 24.8 Å². The number of anilines is 1. The largest absolute Gasteiger partial charge is 0.481 e. The maximum absolute atomic E-state index is 11.9. The highest BCUT2D eigenvalue weighted by molar-refractivity contribution is 5.94. The summed E-state index contributed by atoms with van der Waals surface area (Å²) in [6.45, 7) is 5.27. The molecule has 0 spiro atoms. The third kappa shape index (κ3) is 5.98. The van der Waals surface area contributed by atoms with Gasteiger partial charge < -0.3 is 10.4 Å². The number of aryl methyl sites for hydroxylation is 1. The second kappa shape index (κ2) is 7.81. The molecule has 21 heavy (non-hydrogen) atoms. The van der Waals surface area contributed by atoms with Gasteiger partial charge in [0.15, 0.2) is 0 Å². The number of hydrogen-bond donors (Lipinski definition) is 2. The second-order valence-corrected chi connectivity index (χ2v) is 6.07. The lowest BCUT2D eigenvalue weighted by Gasteiger charge is -2.18. The number of nitrogens with one attached hydrogen (secondary N) is 1. The Morgan fingerprint density at radius 2 is 1.76 bits per heavy atom. The number of carboxylic acid groups (broad SMARTS) is 1. The summed E-state index contributed by atoms with van der Waals surface area (Å²) in [5.41, 5.74) is 0.914. The molecular formula is C17H25NO3. The van der Waals surface area contributed by atoms with E-state index in [0.717, 1.165) is 6.42 Å². The minimum Gasteiger partial charge on any atom is -0.481 e. The van der Waals surface area contributed by atoms with Crippen molar-refractivity contribution < 1.29 is 14.7 Å². The zero-order chi connectivity index (χ0) is 15.9. The Labute approximate surface area is 126 Å². The van der Waals surface area contributed by atoms with E-state index in [1.807, 2.05) is 24.3 Å². The molecule has 4 nitrogen and oxygen atoms in total. The van der Waals surface area contributed by atoms with Crippen LogP contribution >= 0.6 is 0 Å². The Balaban J connectivity index is 2.52. The summed E-state index contributed by atoms with van der Waals surface area (Å²) in [6.07, 6.45) is 4.61. The Kier molecular flexibility index (Phi) is 6.40. The summed E-state index contributed by atoms with van der Waals surface area (Å²) >= 11 is 0. The third-order valence-corrected chi connectivity index (χ3v) is 3.49. The van der Waals surface area contributed by atoms with Crippen LogP contribution in [0.3, 0.4) is 0 Å². The lowest BCUT2D eigenvalue weighted by molar-refractivity contribution is -0.148. The van der Waals surface area contributed by atoms with Crippen molar-refractivity contribution in [3.05, 3.63) is 29.8 Å². The predicted molar refractivity (Wildman–Crippen MR) is 84.3 cm³/mol. The number of aliphatic carboxylic acids is 1. The molecule has 0 aliphatic heterocycles. The Morgan fingerprint density at radius 3 is 2.29 bits per heavy atom. The van der Waals surface area contributed by atoms with Crippen molar-refractivity contribution in [1.82, 2.24) is 0 Å². The maximum Gasteiger partial charge on any atom is 0.309 e. The topological polar surface area (TPSA) is 66.4 Å². The molecule has 0 bridgehead atoms. The fraction of sp³-hybridized carbons (Fsp3) is 0.529. The fourth-order valence-electron chi connectivity index (χ4n) is 2.02. The van der Waals surface area contributed by atoms with Crippen molar-refractivity contribution in [2.45, 2.75) is 52.9 Å². The van der Waals surface area contributed by atoms with Crippen LogP contribution in [-0.2, 0) is 16.0 Å². The van der Waals surface area contributed by atoms with Crippen molar-refractivity contribution in [3.63, 3.8) is 0 Å². The van der Waals surface area contributed by atoms with E-state index >= 15 is 0 Å². The molecule has 0 fully saturated rings. The minimum atomic E-state index is -1.05. The molecule has 1 aromatic rings. The number of carbonyl (C=O) groups is 2. The van der Waals surface area contributed by atoms with E-state index in [9.17, 15) is 9.59 Å². The van der Waals surface area contributed by atoms with Crippen molar-refractivity contribution in [1.29, 1.82) is 0 Å². The van der Waals surface area contributed by atoms with Crippen LogP contribution in [0.2, 0.25) is 0 Å². The van der Waals surface area contributed by atoms with Gasteiger partial charge in [0.05, 0.1) is 5.41 Å². The number of hydrogen-bond acceptors (Lipinski definition) is 2. The molecule has 0 aliphatic rings. The number of unbranched alkanes of at least 4 members (excludes halogenated alkanes) is 2. The first-order chi connectivity index (χ1) is 9.85. The molecule has 1 aromatic carbocycles. The number of amides is 1.